The van der Waals surface area contributed by atoms with Crippen molar-refractivity contribution >= 4 is 40.1 Å². The molecule has 4 rings (SSSR count). The molecule has 1 aliphatic rings. The fourth-order valence-electron chi connectivity index (χ4n) is 3.12. The first-order chi connectivity index (χ1) is 11.6. The summed E-state index contributed by atoms with van der Waals surface area (Å²) in [5.74, 6) is 2.02. The maximum atomic E-state index is 6.54. The largest absolute Gasteiger partial charge is 0.351 e. The van der Waals surface area contributed by atoms with E-state index in [0.717, 1.165) is 40.6 Å². The molecule has 1 aromatic heterocycles. The molecule has 0 aliphatic carbocycles. The lowest BCUT2D eigenvalue weighted by molar-refractivity contribution is 0.821. The van der Waals surface area contributed by atoms with Crippen LogP contribution in [0, 0.1) is 13.8 Å². The van der Waals surface area contributed by atoms with E-state index in [-0.39, 0.29) is 0 Å². The third-order valence-corrected chi connectivity index (χ3v) is 5.82. The summed E-state index contributed by atoms with van der Waals surface area (Å²) in [6.45, 7) is 6.08. The number of hydrogen-bond donors (Lipinski definition) is 0. The van der Waals surface area contributed by atoms with Gasteiger partial charge in [-0.05, 0) is 49.2 Å². The Morgan fingerprint density at radius 2 is 1.83 bits per heavy atom. The molecule has 4 heteroatoms. The van der Waals surface area contributed by atoms with Crippen molar-refractivity contribution in [3.63, 3.8) is 0 Å². The number of thioether (sulfide) groups is 1. The normalized spacial score (nSPS) is 14.5. The van der Waals surface area contributed by atoms with Crippen molar-refractivity contribution in [3.8, 4) is 0 Å². The van der Waals surface area contributed by atoms with Gasteiger partial charge in [0.15, 0.2) is 0 Å². The molecule has 0 atom stereocenters. The molecule has 1 aliphatic heterocycles. The number of halogens is 1. The zero-order valence-corrected chi connectivity index (χ0v) is 15.4. The lowest BCUT2D eigenvalue weighted by Gasteiger charge is -2.22. The van der Waals surface area contributed by atoms with Crippen LogP contribution in [0.5, 0.6) is 0 Å². The summed E-state index contributed by atoms with van der Waals surface area (Å²) in [5.41, 5.74) is 4.85. The fraction of sp³-hybridized carbons (Fsp3) is 0.250. The first-order valence-electron chi connectivity index (χ1n) is 8.14. The summed E-state index contributed by atoms with van der Waals surface area (Å²) in [6.07, 6.45) is 0. The molecule has 0 bridgehead atoms. The van der Waals surface area contributed by atoms with Gasteiger partial charge in [0.25, 0.3) is 0 Å². The summed E-state index contributed by atoms with van der Waals surface area (Å²) in [5, 5.41) is 1.81. The highest BCUT2D eigenvalue weighted by Crippen LogP contribution is 2.33. The zero-order valence-electron chi connectivity index (χ0n) is 13.8. The SMILES string of the molecule is Cc1ccc2c(c1)SCCN(c1cc(Cl)c3cc(C)ccc3n1)C2. The molecule has 2 nitrogen and oxygen atoms in total. The van der Waals surface area contributed by atoms with E-state index in [1.807, 2.05) is 17.8 Å². The van der Waals surface area contributed by atoms with Crippen LogP contribution >= 0.6 is 23.4 Å². The Balaban J connectivity index is 1.74. The second kappa shape index (κ2) is 6.30. The van der Waals surface area contributed by atoms with E-state index < -0.39 is 0 Å². The zero-order chi connectivity index (χ0) is 16.7. The third-order valence-electron chi connectivity index (χ3n) is 4.43. The van der Waals surface area contributed by atoms with E-state index >= 15 is 0 Å². The Morgan fingerprint density at radius 3 is 2.71 bits per heavy atom. The summed E-state index contributed by atoms with van der Waals surface area (Å²) >= 11 is 8.47. The van der Waals surface area contributed by atoms with Crippen LogP contribution in [0.2, 0.25) is 5.02 Å². The van der Waals surface area contributed by atoms with Crippen molar-refractivity contribution in [1.29, 1.82) is 0 Å². The molecule has 122 valence electrons. The van der Waals surface area contributed by atoms with E-state index in [1.165, 1.54) is 21.6 Å². The van der Waals surface area contributed by atoms with Gasteiger partial charge in [-0.15, -0.1) is 11.8 Å². The number of benzene rings is 2. The lowest BCUT2D eigenvalue weighted by Crippen LogP contribution is -2.24. The second-order valence-corrected chi connectivity index (χ2v) is 7.91. The van der Waals surface area contributed by atoms with Gasteiger partial charge in [0.05, 0.1) is 10.5 Å². The van der Waals surface area contributed by atoms with Crippen LogP contribution in [0.3, 0.4) is 0 Å². The summed E-state index contributed by atoms with van der Waals surface area (Å²) in [6, 6.07) is 15.0. The second-order valence-electron chi connectivity index (χ2n) is 6.36. The molecule has 3 aromatic rings. The molecule has 0 unspecified atom stereocenters. The first-order valence-corrected chi connectivity index (χ1v) is 9.51. The average Bonchev–Trinajstić information content (AvgIpc) is 2.77. The highest BCUT2D eigenvalue weighted by molar-refractivity contribution is 7.99. The minimum absolute atomic E-state index is 0.778. The average molecular weight is 355 g/mol. The highest BCUT2D eigenvalue weighted by Gasteiger charge is 2.17. The van der Waals surface area contributed by atoms with Crippen molar-refractivity contribution < 1.29 is 0 Å². The first kappa shape index (κ1) is 15.8. The molecule has 0 saturated heterocycles. The van der Waals surface area contributed by atoms with Gasteiger partial charge in [0, 0.05) is 29.1 Å². The molecular weight excluding hydrogens is 336 g/mol. The minimum atomic E-state index is 0.778. The van der Waals surface area contributed by atoms with E-state index in [0.29, 0.717) is 0 Å². The van der Waals surface area contributed by atoms with Gasteiger partial charge in [-0.25, -0.2) is 4.98 Å². The molecule has 0 saturated carbocycles. The van der Waals surface area contributed by atoms with Crippen molar-refractivity contribution in [2.45, 2.75) is 25.3 Å². The fourth-order valence-corrected chi connectivity index (χ4v) is 4.49. The van der Waals surface area contributed by atoms with Crippen LogP contribution in [0.1, 0.15) is 16.7 Å². The Labute approximate surface area is 151 Å². The van der Waals surface area contributed by atoms with Crippen LogP contribution in [-0.4, -0.2) is 17.3 Å². The van der Waals surface area contributed by atoms with Gasteiger partial charge >= 0.3 is 0 Å². The molecule has 0 radical (unpaired) electrons. The molecule has 2 heterocycles. The maximum absolute atomic E-state index is 6.54. The summed E-state index contributed by atoms with van der Waals surface area (Å²) in [7, 11) is 0. The molecule has 0 fully saturated rings. The van der Waals surface area contributed by atoms with Gasteiger partial charge in [-0.3, -0.25) is 0 Å². The number of fused-ring (bicyclic) bond motifs is 2. The number of nitrogens with zero attached hydrogens (tertiary/aromatic N) is 2. The van der Waals surface area contributed by atoms with Crippen LogP contribution in [0.15, 0.2) is 47.4 Å². The lowest BCUT2D eigenvalue weighted by atomic mass is 10.1. The Kier molecular flexibility index (Phi) is 4.15. The number of anilines is 1. The molecule has 0 spiro atoms. The molecule has 0 N–H and O–H groups in total. The smallest absolute Gasteiger partial charge is 0.131 e. The monoisotopic (exact) mass is 354 g/mol. The number of pyridine rings is 1. The third kappa shape index (κ3) is 2.99. The Hall–Kier alpha value is -1.71. The van der Waals surface area contributed by atoms with Gasteiger partial charge in [-0.1, -0.05) is 35.4 Å². The molecule has 0 amide bonds. The van der Waals surface area contributed by atoms with E-state index in [2.05, 4.69) is 55.1 Å². The predicted molar refractivity (Wildman–Crippen MR) is 104 cm³/mol. The maximum Gasteiger partial charge on any atom is 0.131 e. The molecular formula is C20H19ClN2S. The van der Waals surface area contributed by atoms with Gasteiger partial charge < -0.3 is 4.90 Å². The quantitative estimate of drug-likeness (QED) is 0.564. The van der Waals surface area contributed by atoms with Crippen LogP contribution in [0.4, 0.5) is 5.82 Å². The summed E-state index contributed by atoms with van der Waals surface area (Å²) < 4.78 is 0. The van der Waals surface area contributed by atoms with Crippen LogP contribution < -0.4 is 4.90 Å². The number of aromatic nitrogens is 1. The highest BCUT2D eigenvalue weighted by atomic mass is 35.5. The van der Waals surface area contributed by atoms with E-state index in [4.69, 9.17) is 16.6 Å². The van der Waals surface area contributed by atoms with E-state index in [9.17, 15) is 0 Å². The molecule has 2 aromatic carbocycles. The number of aryl methyl sites for hydroxylation is 2. The van der Waals surface area contributed by atoms with Crippen LogP contribution in [-0.2, 0) is 6.54 Å². The van der Waals surface area contributed by atoms with Crippen molar-refractivity contribution in [3.05, 3.63) is 64.2 Å². The minimum Gasteiger partial charge on any atom is -0.351 e. The summed E-state index contributed by atoms with van der Waals surface area (Å²) in [4.78, 5) is 8.59. The molecule has 24 heavy (non-hydrogen) atoms. The Bertz CT molecular complexity index is 923. The standard InChI is InChI=1S/C20H19ClN2S/c1-13-4-6-18-16(9-13)17(21)11-20(22-18)23-7-8-24-19-10-14(2)3-5-15(19)12-23/h3-6,9-11H,7-8,12H2,1-2H3. The van der Waals surface area contributed by atoms with Gasteiger partial charge in [0.2, 0.25) is 0 Å². The number of rotatable bonds is 1. The topological polar surface area (TPSA) is 16.1 Å². The van der Waals surface area contributed by atoms with Gasteiger partial charge in [-0.2, -0.15) is 0 Å². The Morgan fingerprint density at radius 1 is 1.04 bits per heavy atom. The van der Waals surface area contributed by atoms with Crippen molar-refractivity contribution in [2.24, 2.45) is 0 Å². The van der Waals surface area contributed by atoms with Crippen molar-refractivity contribution in [1.82, 2.24) is 4.98 Å². The predicted octanol–water partition coefficient (Wildman–Crippen LogP) is 5.62. The number of hydrogen-bond acceptors (Lipinski definition) is 3. The van der Waals surface area contributed by atoms with E-state index in [1.54, 1.807) is 0 Å². The van der Waals surface area contributed by atoms with Crippen LogP contribution in [0.25, 0.3) is 10.9 Å². The van der Waals surface area contributed by atoms with Gasteiger partial charge in [0.1, 0.15) is 5.82 Å². The van der Waals surface area contributed by atoms with Crippen molar-refractivity contribution in [2.75, 3.05) is 17.2 Å².